The second kappa shape index (κ2) is 10.2. The van der Waals surface area contributed by atoms with E-state index in [1.165, 1.54) is 28.6 Å². The normalized spacial score (nSPS) is 21.4. The lowest BCUT2D eigenvalue weighted by Gasteiger charge is -2.29. The molecule has 0 radical (unpaired) electrons. The monoisotopic (exact) mass is 505 g/mol. The first-order chi connectivity index (χ1) is 16.2. The zero-order chi connectivity index (χ0) is 24.3. The molecule has 2 aromatic rings. The van der Waals surface area contributed by atoms with Crippen LogP contribution < -0.4 is 10.0 Å². The maximum atomic E-state index is 13.3. The molecule has 10 heteroatoms. The van der Waals surface area contributed by atoms with E-state index in [2.05, 4.69) is 10.0 Å². The molecule has 2 unspecified atom stereocenters. The largest absolute Gasteiger partial charge is 0.325 e. The summed E-state index contributed by atoms with van der Waals surface area (Å²) in [5, 5.41) is 2.72. The Morgan fingerprint density at radius 1 is 0.882 bits per heavy atom. The molecule has 2 atom stereocenters. The lowest BCUT2D eigenvalue weighted by atomic mass is 9.87. The van der Waals surface area contributed by atoms with Gasteiger partial charge in [0.1, 0.15) is 0 Å². The van der Waals surface area contributed by atoms with E-state index >= 15 is 0 Å². The van der Waals surface area contributed by atoms with Crippen molar-refractivity contribution in [2.45, 2.75) is 67.3 Å². The van der Waals surface area contributed by atoms with Gasteiger partial charge in [0.15, 0.2) is 0 Å². The molecule has 1 amide bonds. The van der Waals surface area contributed by atoms with Crippen LogP contribution >= 0.6 is 0 Å². The van der Waals surface area contributed by atoms with Crippen LogP contribution in [0.2, 0.25) is 0 Å². The van der Waals surface area contributed by atoms with Crippen molar-refractivity contribution in [1.82, 2.24) is 9.03 Å². The summed E-state index contributed by atoms with van der Waals surface area (Å²) < 4.78 is 56.3. The molecule has 0 heterocycles. The highest BCUT2D eigenvalue weighted by Crippen LogP contribution is 2.32. The number of rotatable bonds is 9. The maximum absolute atomic E-state index is 13.3. The molecule has 2 saturated carbocycles. The van der Waals surface area contributed by atoms with Crippen molar-refractivity contribution in [2.75, 3.05) is 11.9 Å². The highest BCUT2D eigenvalue weighted by molar-refractivity contribution is 7.89. The molecule has 0 aliphatic heterocycles. The first-order valence-electron chi connectivity index (χ1n) is 11.7. The van der Waals surface area contributed by atoms with Gasteiger partial charge in [0.2, 0.25) is 26.0 Å². The van der Waals surface area contributed by atoms with Crippen LogP contribution in [0.5, 0.6) is 0 Å². The summed E-state index contributed by atoms with van der Waals surface area (Å²) in [6.45, 7) is 1.74. The number of hydrogen-bond acceptors (Lipinski definition) is 5. The van der Waals surface area contributed by atoms with Crippen LogP contribution in [0.15, 0.2) is 64.4 Å². The molecular formula is C24H31N3O5S2. The Morgan fingerprint density at radius 2 is 1.50 bits per heavy atom. The molecule has 34 heavy (non-hydrogen) atoms. The predicted octanol–water partition coefficient (Wildman–Crippen LogP) is 3.34. The molecule has 2 aliphatic rings. The van der Waals surface area contributed by atoms with Crippen molar-refractivity contribution in [2.24, 2.45) is 5.92 Å². The Labute approximate surface area is 201 Å². The second-order valence-corrected chi connectivity index (χ2v) is 12.8. The van der Waals surface area contributed by atoms with Crippen molar-refractivity contribution in [3.8, 4) is 0 Å². The Kier molecular flexibility index (Phi) is 7.42. The average molecular weight is 506 g/mol. The van der Waals surface area contributed by atoms with Gasteiger partial charge in [-0.25, -0.2) is 21.6 Å². The standard InChI is InChI=1S/C24H31N3O5S2/c1-18-7-5-6-10-23(18)26-33(29,30)21-13-15-22(16-14-21)34(31,32)27(20-11-12-20)17-24(28)25-19-8-3-2-4-9-19/h2-4,8-9,13-16,18,20,23,26H,5-7,10-12,17H2,1H3,(H,25,28). The van der Waals surface area contributed by atoms with Crippen molar-refractivity contribution < 1.29 is 21.6 Å². The van der Waals surface area contributed by atoms with Gasteiger partial charge in [0, 0.05) is 17.8 Å². The Hall–Kier alpha value is -2.27. The highest BCUT2D eigenvalue weighted by atomic mass is 32.2. The van der Waals surface area contributed by atoms with Crippen molar-refractivity contribution in [3.63, 3.8) is 0 Å². The van der Waals surface area contributed by atoms with Gasteiger partial charge in [-0.2, -0.15) is 4.31 Å². The van der Waals surface area contributed by atoms with Crippen LogP contribution in [0.1, 0.15) is 45.4 Å². The number of para-hydroxylation sites is 1. The van der Waals surface area contributed by atoms with E-state index < -0.39 is 26.0 Å². The molecule has 0 spiro atoms. The third-order valence-corrected chi connectivity index (χ3v) is 9.89. The summed E-state index contributed by atoms with van der Waals surface area (Å²) in [4.78, 5) is 12.5. The summed E-state index contributed by atoms with van der Waals surface area (Å²) in [6, 6.07) is 13.7. The van der Waals surface area contributed by atoms with Crippen LogP contribution in [0.4, 0.5) is 5.69 Å². The molecule has 184 valence electrons. The lowest BCUT2D eigenvalue weighted by molar-refractivity contribution is -0.116. The van der Waals surface area contributed by atoms with Gasteiger partial charge in [-0.3, -0.25) is 4.79 Å². The van der Waals surface area contributed by atoms with Gasteiger partial charge in [-0.05, 0) is 68.0 Å². The molecule has 2 N–H and O–H groups in total. The zero-order valence-electron chi connectivity index (χ0n) is 19.2. The maximum Gasteiger partial charge on any atom is 0.243 e. The van der Waals surface area contributed by atoms with Crippen molar-refractivity contribution in [3.05, 3.63) is 54.6 Å². The highest BCUT2D eigenvalue weighted by Gasteiger charge is 2.39. The van der Waals surface area contributed by atoms with E-state index in [0.29, 0.717) is 18.5 Å². The Balaban J connectivity index is 1.48. The lowest BCUT2D eigenvalue weighted by Crippen LogP contribution is -2.41. The number of amides is 1. The molecule has 4 rings (SSSR count). The molecule has 2 fully saturated rings. The molecule has 2 aliphatic carbocycles. The van der Waals surface area contributed by atoms with E-state index in [4.69, 9.17) is 0 Å². The predicted molar refractivity (Wildman–Crippen MR) is 130 cm³/mol. The third kappa shape index (κ3) is 5.86. The van der Waals surface area contributed by atoms with Gasteiger partial charge in [0.05, 0.1) is 16.3 Å². The minimum Gasteiger partial charge on any atom is -0.325 e. The molecular weight excluding hydrogens is 474 g/mol. The number of anilines is 1. The third-order valence-electron chi connectivity index (χ3n) is 6.47. The van der Waals surface area contributed by atoms with Crippen molar-refractivity contribution in [1.29, 1.82) is 0 Å². The fraction of sp³-hybridized carbons (Fsp3) is 0.458. The van der Waals surface area contributed by atoms with Gasteiger partial charge in [0.25, 0.3) is 0 Å². The van der Waals surface area contributed by atoms with Crippen LogP contribution in [0.25, 0.3) is 0 Å². The van der Waals surface area contributed by atoms with Gasteiger partial charge in [-0.15, -0.1) is 0 Å². The van der Waals surface area contributed by atoms with E-state index in [1.807, 2.05) is 13.0 Å². The minimum atomic E-state index is -3.97. The second-order valence-electron chi connectivity index (χ2n) is 9.16. The molecule has 0 saturated heterocycles. The SMILES string of the molecule is CC1CCCCC1NS(=O)(=O)c1ccc(S(=O)(=O)N(CC(=O)Nc2ccccc2)C2CC2)cc1. The minimum absolute atomic E-state index is 0.0307. The van der Waals surface area contributed by atoms with E-state index in [9.17, 15) is 21.6 Å². The topological polar surface area (TPSA) is 113 Å². The summed E-state index contributed by atoms with van der Waals surface area (Å²) in [5.74, 6) is -0.163. The summed E-state index contributed by atoms with van der Waals surface area (Å²) in [5.41, 5.74) is 0.593. The number of nitrogens with one attached hydrogen (secondary N) is 2. The molecule has 0 bridgehead atoms. The Bertz CT molecular complexity index is 1210. The van der Waals surface area contributed by atoms with E-state index in [-0.39, 0.29) is 34.3 Å². The molecule has 8 nitrogen and oxygen atoms in total. The van der Waals surface area contributed by atoms with Crippen molar-refractivity contribution >= 4 is 31.6 Å². The van der Waals surface area contributed by atoms with E-state index in [1.54, 1.807) is 24.3 Å². The number of benzene rings is 2. The van der Waals surface area contributed by atoms with Gasteiger partial charge in [-0.1, -0.05) is 38.0 Å². The fourth-order valence-electron chi connectivity index (χ4n) is 4.32. The quantitative estimate of drug-likeness (QED) is 0.543. The Morgan fingerprint density at radius 3 is 2.12 bits per heavy atom. The number of carbonyl (C=O) groups excluding carboxylic acids is 1. The van der Waals surface area contributed by atoms with Crippen LogP contribution in [0.3, 0.4) is 0 Å². The van der Waals surface area contributed by atoms with E-state index in [0.717, 1.165) is 25.7 Å². The summed E-state index contributed by atoms with van der Waals surface area (Å²) >= 11 is 0. The summed E-state index contributed by atoms with van der Waals surface area (Å²) in [6.07, 6.45) is 5.26. The number of hydrogen-bond donors (Lipinski definition) is 2. The fourth-order valence-corrected chi connectivity index (χ4v) is 7.34. The summed E-state index contributed by atoms with van der Waals surface area (Å²) in [7, 11) is -7.72. The van der Waals surface area contributed by atoms with Gasteiger partial charge >= 0.3 is 0 Å². The zero-order valence-corrected chi connectivity index (χ0v) is 20.8. The van der Waals surface area contributed by atoms with Gasteiger partial charge < -0.3 is 5.32 Å². The number of sulfonamides is 2. The van der Waals surface area contributed by atoms with Crippen LogP contribution in [-0.4, -0.2) is 45.7 Å². The average Bonchev–Trinajstić information content (AvgIpc) is 3.65. The number of carbonyl (C=O) groups is 1. The van der Waals surface area contributed by atoms with Crippen LogP contribution in [0, 0.1) is 5.92 Å². The van der Waals surface area contributed by atoms with Crippen LogP contribution in [-0.2, 0) is 24.8 Å². The molecule has 2 aromatic carbocycles. The first kappa shape index (κ1) is 24.8. The first-order valence-corrected chi connectivity index (χ1v) is 14.6. The molecule has 0 aromatic heterocycles. The number of nitrogens with zero attached hydrogens (tertiary/aromatic N) is 1. The smallest absolute Gasteiger partial charge is 0.243 e.